The van der Waals surface area contributed by atoms with E-state index in [1.54, 1.807) is 11.0 Å². The lowest BCUT2D eigenvalue weighted by Gasteiger charge is -2.38. The summed E-state index contributed by atoms with van der Waals surface area (Å²) in [4.78, 5) is 25.6. The maximum atomic E-state index is 12.8. The Balaban J connectivity index is 1.78. The second kappa shape index (κ2) is 6.86. The fourth-order valence-electron chi connectivity index (χ4n) is 3.18. The van der Waals surface area contributed by atoms with Crippen molar-refractivity contribution in [2.45, 2.75) is 31.1 Å². The highest BCUT2D eigenvalue weighted by atomic mass is 35.5. The summed E-state index contributed by atoms with van der Waals surface area (Å²) in [6.45, 7) is 1.86. The van der Waals surface area contributed by atoms with Gasteiger partial charge in [0.25, 0.3) is 5.91 Å². The van der Waals surface area contributed by atoms with E-state index in [2.05, 4.69) is 5.32 Å². The summed E-state index contributed by atoms with van der Waals surface area (Å²) in [6.07, 6.45) is -0.756. The standard InChI is InChI=1S/C16H19ClN2O4/c17-11-4-2-1-3-10(11)12-9-18-7-8-19(12)15(20)13-5-6-14(23-13)16(21)22/h1-4,12-14,18H,5-9H2,(H,21,22)/t12?,13-,14+/m1/s1. The van der Waals surface area contributed by atoms with Crippen molar-refractivity contribution in [2.24, 2.45) is 0 Å². The fourth-order valence-corrected chi connectivity index (χ4v) is 3.44. The van der Waals surface area contributed by atoms with Crippen LogP contribution in [-0.4, -0.2) is 53.7 Å². The molecular formula is C16H19ClN2O4. The molecule has 2 saturated heterocycles. The molecular weight excluding hydrogens is 320 g/mol. The Morgan fingerprint density at radius 1 is 1.26 bits per heavy atom. The largest absolute Gasteiger partial charge is 0.479 e. The molecule has 2 aliphatic rings. The smallest absolute Gasteiger partial charge is 0.332 e. The van der Waals surface area contributed by atoms with E-state index in [1.165, 1.54) is 0 Å². The highest BCUT2D eigenvalue weighted by molar-refractivity contribution is 6.31. The fraction of sp³-hybridized carbons (Fsp3) is 0.500. The maximum absolute atomic E-state index is 12.8. The molecule has 0 aliphatic carbocycles. The summed E-state index contributed by atoms with van der Waals surface area (Å²) in [5.41, 5.74) is 0.891. The number of carboxylic acid groups (broad SMARTS) is 1. The number of carboxylic acids is 1. The van der Waals surface area contributed by atoms with Crippen LogP contribution in [0.25, 0.3) is 0 Å². The minimum Gasteiger partial charge on any atom is -0.479 e. The van der Waals surface area contributed by atoms with Gasteiger partial charge in [0.2, 0.25) is 0 Å². The van der Waals surface area contributed by atoms with E-state index < -0.39 is 18.2 Å². The highest BCUT2D eigenvalue weighted by Gasteiger charge is 2.39. The molecule has 6 nitrogen and oxygen atoms in total. The van der Waals surface area contributed by atoms with Crippen molar-refractivity contribution in [2.75, 3.05) is 19.6 Å². The predicted octanol–water partition coefficient (Wildman–Crippen LogP) is 1.45. The Morgan fingerprint density at radius 2 is 2.00 bits per heavy atom. The molecule has 23 heavy (non-hydrogen) atoms. The molecule has 2 fully saturated rings. The van der Waals surface area contributed by atoms with Crippen molar-refractivity contribution in [1.29, 1.82) is 0 Å². The minimum absolute atomic E-state index is 0.153. The van der Waals surface area contributed by atoms with E-state index in [-0.39, 0.29) is 11.9 Å². The number of amides is 1. The molecule has 1 aromatic rings. The molecule has 2 heterocycles. The normalized spacial score (nSPS) is 27.9. The van der Waals surface area contributed by atoms with Gasteiger partial charge in [-0.1, -0.05) is 29.8 Å². The zero-order chi connectivity index (χ0) is 16.4. The molecule has 7 heteroatoms. The molecule has 3 rings (SSSR count). The van der Waals surface area contributed by atoms with Gasteiger partial charge in [-0.25, -0.2) is 4.79 Å². The number of carbonyl (C=O) groups is 2. The van der Waals surface area contributed by atoms with Gasteiger partial charge < -0.3 is 20.1 Å². The third-order valence-electron chi connectivity index (χ3n) is 4.36. The molecule has 124 valence electrons. The molecule has 0 radical (unpaired) electrons. The lowest BCUT2D eigenvalue weighted by atomic mass is 10.0. The van der Waals surface area contributed by atoms with Crippen LogP contribution in [0.2, 0.25) is 5.02 Å². The van der Waals surface area contributed by atoms with E-state index in [0.717, 1.165) is 5.56 Å². The topological polar surface area (TPSA) is 78.9 Å². The van der Waals surface area contributed by atoms with Crippen LogP contribution in [-0.2, 0) is 14.3 Å². The molecule has 2 N–H and O–H groups in total. The van der Waals surface area contributed by atoms with Crippen molar-refractivity contribution >= 4 is 23.5 Å². The summed E-state index contributed by atoms with van der Waals surface area (Å²) < 4.78 is 5.41. The van der Waals surface area contributed by atoms with Crippen LogP contribution < -0.4 is 5.32 Å². The average molecular weight is 339 g/mol. The molecule has 0 saturated carbocycles. The quantitative estimate of drug-likeness (QED) is 0.872. The number of hydrogen-bond acceptors (Lipinski definition) is 4. The first-order valence-corrected chi connectivity index (χ1v) is 8.09. The van der Waals surface area contributed by atoms with E-state index >= 15 is 0 Å². The number of rotatable bonds is 3. The SMILES string of the molecule is O=C(O)[C@@H]1CC[C@H](C(=O)N2CCNCC2c2ccccc2Cl)O1. The Hall–Kier alpha value is -1.63. The molecule has 1 unspecified atom stereocenters. The number of ether oxygens (including phenoxy) is 1. The van der Waals surface area contributed by atoms with Crippen LogP contribution >= 0.6 is 11.6 Å². The average Bonchev–Trinajstić information content (AvgIpc) is 3.05. The maximum Gasteiger partial charge on any atom is 0.332 e. The minimum atomic E-state index is -1.01. The highest BCUT2D eigenvalue weighted by Crippen LogP contribution is 2.31. The summed E-state index contributed by atoms with van der Waals surface area (Å²) in [6, 6.07) is 7.30. The molecule has 2 aliphatic heterocycles. The van der Waals surface area contributed by atoms with Crippen molar-refractivity contribution in [3.8, 4) is 0 Å². The first-order valence-electron chi connectivity index (χ1n) is 7.72. The Bertz CT molecular complexity index is 609. The summed E-state index contributed by atoms with van der Waals surface area (Å²) in [5, 5.41) is 12.9. The van der Waals surface area contributed by atoms with Crippen molar-refractivity contribution in [3.05, 3.63) is 34.9 Å². The second-order valence-corrected chi connectivity index (χ2v) is 6.21. The number of nitrogens with one attached hydrogen (secondary N) is 1. The number of carbonyl (C=O) groups excluding carboxylic acids is 1. The Morgan fingerprint density at radius 3 is 2.70 bits per heavy atom. The Labute approximate surface area is 139 Å². The number of hydrogen-bond donors (Lipinski definition) is 2. The predicted molar refractivity (Wildman–Crippen MR) is 84.3 cm³/mol. The van der Waals surface area contributed by atoms with Gasteiger partial charge >= 0.3 is 5.97 Å². The number of aliphatic carboxylic acids is 1. The van der Waals surface area contributed by atoms with Crippen LogP contribution in [0.15, 0.2) is 24.3 Å². The van der Waals surface area contributed by atoms with Crippen molar-refractivity contribution < 1.29 is 19.4 Å². The van der Waals surface area contributed by atoms with Crippen molar-refractivity contribution in [3.63, 3.8) is 0 Å². The van der Waals surface area contributed by atoms with E-state index in [4.69, 9.17) is 21.4 Å². The van der Waals surface area contributed by atoms with Gasteiger partial charge in [-0.2, -0.15) is 0 Å². The monoisotopic (exact) mass is 338 g/mol. The lowest BCUT2D eigenvalue weighted by Crippen LogP contribution is -2.51. The number of piperazine rings is 1. The molecule has 0 aromatic heterocycles. The van der Waals surface area contributed by atoms with Gasteiger partial charge in [0, 0.05) is 24.7 Å². The number of benzene rings is 1. The van der Waals surface area contributed by atoms with Crippen LogP contribution in [0.3, 0.4) is 0 Å². The molecule has 0 bridgehead atoms. The van der Waals surface area contributed by atoms with Gasteiger partial charge in [-0.3, -0.25) is 4.79 Å². The molecule has 1 aromatic carbocycles. The van der Waals surface area contributed by atoms with E-state index in [9.17, 15) is 9.59 Å². The van der Waals surface area contributed by atoms with Gasteiger partial charge in [0.05, 0.1) is 6.04 Å². The van der Waals surface area contributed by atoms with Gasteiger partial charge in [0.15, 0.2) is 6.10 Å². The molecule has 0 spiro atoms. The lowest BCUT2D eigenvalue weighted by molar-refractivity contribution is -0.156. The second-order valence-electron chi connectivity index (χ2n) is 5.80. The van der Waals surface area contributed by atoms with Crippen LogP contribution in [0.4, 0.5) is 0 Å². The van der Waals surface area contributed by atoms with Gasteiger partial charge in [-0.15, -0.1) is 0 Å². The van der Waals surface area contributed by atoms with Crippen LogP contribution in [0.5, 0.6) is 0 Å². The third kappa shape index (κ3) is 3.34. The van der Waals surface area contributed by atoms with Gasteiger partial charge in [-0.05, 0) is 24.5 Å². The number of halogens is 1. The van der Waals surface area contributed by atoms with Crippen LogP contribution in [0, 0.1) is 0 Å². The first-order chi connectivity index (χ1) is 11.1. The summed E-state index contributed by atoms with van der Waals surface area (Å²) in [5.74, 6) is -1.16. The number of nitrogens with zero attached hydrogens (tertiary/aromatic N) is 1. The zero-order valence-corrected chi connectivity index (χ0v) is 13.3. The summed E-state index contributed by atoms with van der Waals surface area (Å²) >= 11 is 6.28. The van der Waals surface area contributed by atoms with Crippen molar-refractivity contribution in [1.82, 2.24) is 10.2 Å². The molecule has 3 atom stereocenters. The van der Waals surface area contributed by atoms with E-state index in [1.807, 2.05) is 18.2 Å². The third-order valence-corrected chi connectivity index (χ3v) is 4.71. The Kier molecular flexibility index (Phi) is 4.84. The zero-order valence-electron chi connectivity index (χ0n) is 12.6. The van der Waals surface area contributed by atoms with Gasteiger partial charge in [0.1, 0.15) is 6.10 Å². The first kappa shape index (κ1) is 16.2. The summed E-state index contributed by atoms with van der Waals surface area (Å²) in [7, 11) is 0. The van der Waals surface area contributed by atoms with E-state index in [0.29, 0.717) is 37.5 Å². The molecule has 1 amide bonds. The van der Waals surface area contributed by atoms with Crippen LogP contribution in [0.1, 0.15) is 24.4 Å².